The van der Waals surface area contributed by atoms with Gasteiger partial charge in [0.25, 0.3) is 0 Å². The predicted octanol–water partition coefficient (Wildman–Crippen LogP) is 4.06. The first kappa shape index (κ1) is 17.0. The van der Waals surface area contributed by atoms with E-state index in [0.29, 0.717) is 25.7 Å². The van der Waals surface area contributed by atoms with Crippen LogP contribution in [0.15, 0.2) is 18.3 Å². The number of aromatic amines is 1. The van der Waals surface area contributed by atoms with Crippen LogP contribution in [0.1, 0.15) is 57.7 Å². The SMILES string of the molecule is CCOCCOc1cc(-c2cc(C(C)(C)C)[nH]n2)ncc1C1CC1. The Labute approximate surface area is 143 Å². The zero-order chi connectivity index (χ0) is 17.2. The van der Waals surface area contributed by atoms with Crippen molar-refractivity contribution >= 4 is 0 Å². The van der Waals surface area contributed by atoms with Gasteiger partial charge in [0.1, 0.15) is 18.1 Å². The average Bonchev–Trinajstić information content (AvgIpc) is 3.25. The van der Waals surface area contributed by atoms with Gasteiger partial charge in [0, 0.05) is 35.5 Å². The molecule has 130 valence electrons. The van der Waals surface area contributed by atoms with E-state index in [2.05, 4.69) is 42.0 Å². The summed E-state index contributed by atoms with van der Waals surface area (Å²) in [6.07, 6.45) is 4.40. The molecule has 5 nitrogen and oxygen atoms in total. The van der Waals surface area contributed by atoms with Crippen molar-refractivity contribution in [3.05, 3.63) is 29.6 Å². The normalized spacial score (nSPS) is 14.8. The lowest BCUT2D eigenvalue weighted by Crippen LogP contribution is -2.11. The maximum Gasteiger partial charge on any atom is 0.126 e. The van der Waals surface area contributed by atoms with E-state index < -0.39 is 0 Å². The fraction of sp³-hybridized carbons (Fsp3) is 0.579. The Balaban J connectivity index is 1.82. The summed E-state index contributed by atoms with van der Waals surface area (Å²) in [7, 11) is 0. The highest BCUT2D eigenvalue weighted by atomic mass is 16.5. The molecule has 2 aromatic heterocycles. The fourth-order valence-corrected chi connectivity index (χ4v) is 2.61. The zero-order valence-corrected chi connectivity index (χ0v) is 15.1. The lowest BCUT2D eigenvalue weighted by Gasteiger charge is -2.14. The quantitative estimate of drug-likeness (QED) is 0.778. The van der Waals surface area contributed by atoms with Crippen LogP contribution < -0.4 is 4.74 Å². The first-order valence-corrected chi connectivity index (χ1v) is 8.75. The molecule has 0 aliphatic heterocycles. The Hall–Kier alpha value is -1.88. The zero-order valence-electron chi connectivity index (χ0n) is 15.1. The second-order valence-corrected chi connectivity index (χ2v) is 7.34. The Morgan fingerprint density at radius 2 is 1.96 bits per heavy atom. The van der Waals surface area contributed by atoms with Gasteiger partial charge < -0.3 is 9.47 Å². The molecule has 0 amide bonds. The van der Waals surface area contributed by atoms with Gasteiger partial charge in [0.05, 0.1) is 12.3 Å². The van der Waals surface area contributed by atoms with Crippen LogP contribution in [0, 0.1) is 0 Å². The molecule has 0 saturated heterocycles. The molecule has 0 bridgehead atoms. The number of ether oxygens (including phenoxy) is 2. The third kappa shape index (κ3) is 3.96. The number of nitrogens with one attached hydrogen (secondary N) is 1. The smallest absolute Gasteiger partial charge is 0.126 e. The Morgan fingerprint density at radius 1 is 1.17 bits per heavy atom. The van der Waals surface area contributed by atoms with Gasteiger partial charge in [0.2, 0.25) is 0 Å². The van der Waals surface area contributed by atoms with Crippen LogP contribution >= 0.6 is 0 Å². The minimum absolute atomic E-state index is 0.0377. The van der Waals surface area contributed by atoms with Gasteiger partial charge in [-0.15, -0.1) is 0 Å². The van der Waals surface area contributed by atoms with Crippen molar-refractivity contribution in [2.45, 2.75) is 51.9 Å². The molecule has 0 unspecified atom stereocenters. The Bertz CT molecular complexity index is 684. The maximum atomic E-state index is 5.97. The molecule has 1 aliphatic rings. The molecule has 2 aromatic rings. The molecule has 0 atom stereocenters. The Kier molecular flexibility index (Phi) is 4.90. The number of pyridine rings is 1. The molecule has 24 heavy (non-hydrogen) atoms. The van der Waals surface area contributed by atoms with E-state index in [9.17, 15) is 0 Å². The van der Waals surface area contributed by atoms with Crippen LogP contribution in [0.25, 0.3) is 11.4 Å². The monoisotopic (exact) mass is 329 g/mol. The van der Waals surface area contributed by atoms with Crippen molar-refractivity contribution in [3.8, 4) is 17.1 Å². The lowest BCUT2D eigenvalue weighted by atomic mass is 9.92. The summed E-state index contributed by atoms with van der Waals surface area (Å²) in [5, 5.41) is 7.55. The third-order valence-corrected chi connectivity index (χ3v) is 4.25. The number of hydrogen-bond acceptors (Lipinski definition) is 4. The largest absolute Gasteiger partial charge is 0.491 e. The Morgan fingerprint density at radius 3 is 2.58 bits per heavy atom. The van der Waals surface area contributed by atoms with Crippen LogP contribution in [0.4, 0.5) is 0 Å². The van der Waals surface area contributed by atoms with Crippen LogP contribution in [0.3, 0.4) is 0 Å². The van der Waals surface area contributed by atoms with E-state index >= 15 is 0 Å². The highest BCUT2D eigenvalue weighted by molar-refractivity contribution is 5.58. The van der Waals surface area contributed by atoms with Gasteiger partial charge in [-0.1, -0.05) is 20.8 Å². The number of aromatic nitrogens is 3. The first-order chi connectivity index (χ1) is 11.5. The molecule has 3 rings (SSSR count). The second kappa shape index (κ2) is 6.93. The second-order valence-electron chi connectivity index (χ2n) is 7.34. The highest BCUT2D eigenvalue weighted by Crippen LogP contribution is 2.44. The van der Waals surface area contributed by atoms with Crippen molar-refractivity contribution in [3.63, 3.8) is 0 Å². The third-order valence-electron chi connectivity index (χ3n) is 4.25. The molecule has 5 heteroatoms. The standard InChI is InChI=1S/C19H27N3O2/c1-5-23-8-9-24-17-10-15(20-12-14(17)13-6-7-13)16-11-18(22-21-16)19(2,3)4/h10-13H,5-9H2,1-4H3,(H,21,22). The molecule has 1 N–H and O–H groups in total. The topological polar surface area (TPSA) is 60.0 Å². The molecule has 0 aromatic carbocycles. The molecule has 1 saturated carbocycles. The van der Waals surface area contributed by atoms with Gasteiger partial charge in [-0.2, -0.15) is 5.10 Å². The number of H-pyrrole nitrogens is 1. The van der Waals surface area contributed by atoms with Crippen LogP contribution in [0.2, 0.25) is 0 Å². The summed E-state index contributed by atoms with van der Waals surface area (Å²) in [5.41, 5.74) is 4.05. The van der Waals surface area contributed by atoms with E-state index in [1.54, 1.807) is 0 Å². The van der Waals surface area contributed by atoms with Crippen LogP contribution in [-0.2, 0) is 10.2 Å². The highest BCUT2D eigenvalue weighted by Gasteiger charge is 2.28. The van der Waals surface area contributed by atoms with E-state index in [-0.39, 0.29) is 5.41 Å². The van der Waals surface area contributed by atoms with Crippen molar-refractivity contribution in [2.24, 2.45) is 0 Å². The number of rotatable bonds is 7. The van der Waals surface area contributed by atoms with E-state index in [1.807, 2.05) is 19.2 Å². The van der Waals surface area contributed by atoms with Gasteiger partial charge in [0.15, 0.2) is 0 Å². The maximum absolute atomic E-state index is 5.97. The number of hydrogen-bond donors (Lipinski definition) is 1. The van der Waals surface area contributed by atoms with E-state index in [4.69, 9.17) is 9.47 Å². The van der Waals surface area contributed by atoms with E-state index in [0.717, 1.165) is 22.8 Å². The summed E-state index contributed by atoms with van der Waals surface area (Å²) >= 11 is 0. The predicted molar refractivity (Wildman–Crippen MR) is 94.5 cm³/mol. The van der Waals surface area contributed by atoms with Crippen molar-refractivity contribution in [1.82, 2.24) is 15.2 Å². The molecule has 2 heterocycles. The summed E-state index contributed by atoms with van der Waals surface area (Å²) < 4.78 is 11.3. The van der Waals surface area contributed by atoms with Gasteiger partial charge in [-0.3, -0.25) is 10.1 Å². The minimum atomic E-state index is 0.0377. The van der Waals surface area contributed by atoms with E-state index in [1.165, 1.54) is 18.4 Å². The lowest BCUT2D eigenvalue weighted by molar-refractivity contribution is 0.110. The summed E-state index contributed by atoms with van der Waals surface area (Å²) in [4.78, 5) is 4.62. The van der Waals surface area contributed by atoms with Crippen LogP contribution in [0.5, 0.6) is 5.75 Å². The molecule has 1 fully saturated rings. The minimum Gasteiger partial charge on any atom is -0.491 e. The first-order valence-electron chi connectivity index (χ1n) is 8.75. The van der Waals surface area contributed by atoms with Crippen molar-refractivity contribution in [2.75, 3.05) is 19.8 Å². The molecule has 1 aliphatic carbocycles. The summed E-state index contributed by atoms with van der Waals surface area (Å²) in [5.74, 6) is 1.51. The average molecular weight is 329 g/mol. The van der Waals surface area contributed by atoms with Gasteiger partial charge in [-0.05, 0) is 31.7 Å². The van der Waals surface area contributed by atoms with Gasteiger partial charge in [-0.25, -0.2) is 0 Å². The summed E-state index contributed by atoms with van der Waals surface area (Å²) in [6, 6.07) is 4.09. The molecule has 0 radical (unpaired) electrons. The van der Waals surface area contributed by atoms with Crippen molar-refractivity contribution in [1.29, 1.82) is 0 Å². The number of nitrogens with zero attached hydrogens (tertiary/aromatic N) is 2. The van der Waals surface area contributed by atoms with Gasteiger partial charge >= 0.3 is 0 Å². The van der Waals surface area contributed by atoms with Crippen LogP contribution in [-0.4, -0.2) is 35.0 Å². The molecular formula is C19H27N3O2. The summed E-state index contributed by atoms with van der Waals surface area (Å²) in [6.45, 7) is 10.4. The molecule has 0 spiro atoms. The fourth-order valence-electron chi connectivity index (χ4n) is 2.61. The van der Waals surface area contributed by atoms with Crippen molar-refractivity contribution < 1.29 is 9.47 Å². The molecular weight excluding hydrogens is 302 g/mol.